The number of thiophene rings is 1. The van der Waals surface area contributed by atoms with Crippen LogP contribution in [0.5, 0.6) is 0 Å². The first kappa shape index (κ1) is 14.0. The minimum atomic E-state index is -0.0649. The van der Waals surface area contributed by atoms with Gasteiger partial charge >= 0.3 is 0 Å². The number of ketones is 1. The van der Waals surface area contributed by atoms with E-state index in [-0.39, 0.29) is 11.7 Å². The van der Waals surface area contributed by atoms with Gasteiger partial charge in [0.1, 0.15) is 0 Å². The first-order valence-corrected chi connectivity index (χ1v) is 7.35. The van der Waals surface area contributed by atoms with Crippen molar-refractivity contribution >= 4 is 44.6 Å². The Bertz CT molecular complexity index is 604. The van der Waals surface area contributed by atoms with Gasteiger partial charge in [-0.25, -0.2) is 0 Å². The minimum Gasteiger partial charge on any atom is -0.326 e. The third-order valence-electron chi connectivity index (χ3n) is 2.53. The van der Waals surface area contributed by atoms with Crippen molar-refractivity contribution in [2.24, 2.45) is 0 Å². The number of carbonyl (C=O) groups excluding carboxylic acids is 2. The van der Waals surface area contributed by atoms with E-state index in [1.807, 2.05) is 11.4 Å². The molecule has 1 aromatic heterocycles. The Labute approximate surface area is 123 Å². The van der Waals surface area contributed by atoms with E-state index in [0.717, 1.165) is 9.35 Å². The Kier molecular flexibility index (Phi) is 4.50. The zero-order chi connectivity index (χ0) is 13.8. The lowest BCUT2D eigenvalue weighted by Crippen LogP contribution is -2.13. The van der Waals surface area contributed by atoms with Crippen LogP contribution in [0.15, 0.2) is 40.2 Å². The molecule has 0 saturated heterocycles. The smallest absolute Gasteiger partial charge is 0.229 e. The molecule has 19 heavy (non-hydrogen) atoms. The number of amides is 1. The third-order valence-corrected chi connectivity index (χ3v) is 4.23. The Morgan fingerprint density at radius 2 is 1.95 bits per heavy atom. The van der Waals surface area contributed by atoms with E-state index in [9.17, 15) is 9.59 Å². The lowest BCUT2D eigenvalue weighted by atomic mass is 10.1. The third kappa shape index (κ3) is 4.01. The number of anilines is 1. The zero-order valence-electron chi connectivity index (χ0n) is 10.3. The Morgan fingerprint density at radius 1 is 1.26 bits per heavy atom. The lowest BCUT2D eigenvalue weighted by molar-refractivity contribution is -0.115. The highest BCUT2D eigenvalue weighted by Crippen LogP contribution is 2.20. The number of hydrogen-bond acceptors (Lipinski definition) is 3. The van der Waals surface area contributed by atoms with Gasteiger partial charge in [-0.2, -0.15) is 0 Å². The molecule has 3 nitrogen and oxygen atoms in total. The molecule has 5 heteroatoms. The maximum atomic E-state index is 11.8. The second-order valence-corrected chi connectivity index (χ2v) is 6.00. The van der Waals surface area contributed by atoms with Gasteiger partial charge in [-0.15, -0.1) is 11.3 Å². The van der Waals surface area contributed by atoms with Gasteiger partial charge in [0.05, 0.1) is 6.42 Å². The van der Waals surface area contributed by atoms with Gasteiger partial charge in [0, 0.05) is 26.0 Å². The normalized spacial score (nSPS) is 10.2. The van der Waals surface area contributed by atoms with E-state index in [2.05, 4.69) is 21.2 Å². The molecule has 98 valence electrons. The SMILES string of the molecule is CC(=O)c1ccc(NC(=O)Cc2cc(Br)cs2)cc1. The summed E-state index contributed by atoms with van der Waals surface area (Å²) in [5, 5.41) is 4.76. The number of nitrogens with one attached hydrogen (secondary N) is 1. The first-order valence-electron chi connectivity index (χ1n) is 5.68. The van der Waals surface area contributed by atoms with Crippen LogP contribution in [0.25, 0.3) is 0 Å². The fourth-order valence-corrected chi connectivity index (χ4v) is 3.05. The summed E-state index contributed by atoms with van der Waals surface area (Å²) in [6, 6.07) is 8.82. The highest BCUT2D eigenvalue weighted by Gasteiger charge is 2.06. The van der Waals surface area contributed by atoms with Crippen LogP contribution < -0.4 is 5.32 Å². The molecule has 1 N–H and O–H groups in total. The molecular weight excluding hydrogens is 326 g/mol. The van der Waals surface area contributed by atoms with Crippen molar-refractivity contribution in [2.75, 3.05) is 5.32 Å². The molecule has 0 radical (unpaired) electrons. The van der Waals surface area contributed by atoms with Crippen LogP contribution in [0.4, 0.5) is 5.69 Å². The summed E-state index contributed by atoms with van der Waals surface area (Å²) in [7, 11) is 0. The maximum Gasteiger partial charge on any atom is 0.229 e. The van der Waals surface area contributed by atoms with Gasteiger partial charge in [-0.1, -0.05) is 0 Å². The van der Waals surface area contributed by atoms with Crippen LogP contribution in [0.3, 0.4) is 0 Å². The monoisotopic (exact) mass is 337 g/mol. The predicted octanol–water partition coefficient (Wildman–Crippen LogP) is 3.89. The standard InChI is InChI=1S/C14H12BrNO2S/c1-9(17)10-2-4-12(5-3-10)16-14(18)7-13-6-11(15)8-19-13/h2-6,8H,7H2,1H3,(H,16,18). The summed E-state index contributed by atoms with van der Waals surface area (Å²) in [5.74, 6) is -0.0498. The summed E-state index contributed by atoms with van der Waals surface area (Å²) in [5.41, 5.74) is 1.34. The second kappa shape index (κ2) is 6.12. The molecule has 0 fully saturated rings. The molecule has 0 aliphatic rings. The Balaban J connectivity index is 1.97. The van der Waals surface area contributed by atoms with E-state index in [1.54, 1.807) is 35.6 Å². The van der Waals surface area contributed by atoms with E-state index in [1.165, 1.54) is 6.92 Å². The van der Waals surface area contributed by atoms with E-state index in [4.69, 9.17) is 0 Å². The summed E-state index contributed by atoms with van der Waals surface area (Å²) >= 11 is 4.90. The van der Waals surface area contributed by atoms with E-state index >= 15 is 0 Å². The molecule has 0 aliphatic carbocycles. The van der Waals surface area contributed by atoms with Crippen molar-refractivity contribution in [3.05, 3.63) is 50.6 Å². The van der Waals surface area contributed by atoms with E-state index in [0.29, 0.717) is 17.7 Å². The maximum absolute atomic E-state index is 11.8. The summed E-state index contributed by atoms with van der Waals surface area (Å²) in [4.78, 5) is 24.0. The number of halogens is 1. The number of hydrogen-bond donors (Lipinski definition) is 1. The van der Waals surface area contributed by atoms with Gasteiger partial charge in [0.25, 0.3) is 0 Å². The highest BCUT2D eigenvalue weighted by atomic mass is 79.9. The fourth-order valence-electron chi connectivity index (χ4n) is 1.60. The van der Waals surface area contributed by atoms with Crippen LogP contribution in [-0.4, -0.2) is 11.7 Å². The molecule has 2 aromatic rings. The Hall–Kier alpha value is -1.46. The molecule has 1 heterocycles. The van der Waals surface area contributed by atoms with Gasteiger partial charge in [0.15, 0.2) is 5.78 Å². The largest absolute Gasteiger partial charge is 0.326 e. The summed E-state index contributed by atoms with van der Waals surface area (Å²) in [6.07, 6.45) is 0.352. The average molecular weight is 338 g/mol. The molecule has 0 saturated carbocycles. The average Bonchev–Trinajstić information content (AvgIpc) is 2.75. The van der Waals surface area contributed by atoms with Crippen molar-refractivity contribution in [1.29, 1.82) is 0 Å². The molecule has 0 spiro atoms. The van der Waals surface area contributed by atoms with Crippen LogP contribution in [0.1, 0.15) is 22.2 Å². The number of Topliss-reactive ketones (excluding diaryl/α,β-unsaturated/α-hetero) is 1. The van der Waals surface area contributed by atoms with Crippen LogP contribution in [0, 0.1) is 0 Å². The van der Waals surface area contributed by atoms with Crippen LogP contribution >= 0.6 is 27.3 Å². The van der Waals surface area contributed by atoms with Crippen molar-refractivity contribution in [1.82, 2.24) is 0 Å². The van der Waals surface area contributed by atoms with Crippen LogP contribution in [0.2, 0.25) is 0 Å². The molecule has 0 unspecified atom stereocenters. The van der Waals surface area contributed by atoms with Crippen molar-refractivity contribution in [3.8, 4) is 0 Å². The van der Waals surface area contributed by atoms with Crippen molar-refractivity contribution in [2.45, 2.75) is 13.3 Å². The molecule has 2 rings (SSSR count). The van der Waals surface area contributed by atoms with Crippen LogP contribution in [-0.2, 0) is 11.2 Å². The second-order valence-electron chi connectivity index (χ2n) is 4.09. The number of benzene rings is 1. The number of rotatable bonds is 4. The highest BCUT2D eigenvalue weighted by molar-refractivity contribution is 9.10. The molecular formula is C14H12BrNO2S. The summed E-state index contributed by atoms with van der Waals surface area (Å²) < 4.78 is 0.992. The lowest BCUT2D eigenvalue weighted by Gasteiger charge is -2.04. The van der Waals surface area contributed by atoms with Gasteiger partial charge in [-0.05, 0) is 53.2 Å². The van der Waals surface area contributed by atoms with E-state index < -0.39 is 0 Å². The first-order chi connectivity index (χ1) is 9.04. The number of carbonyl (C=O) groups is 2. The van der Waals surface area contributed by atoms with Gasteiger partial charge in [-0.3, -0.25) is 9.59 Å². The summed E-state index contributed by atoms with van der Waals surface area (Å²) in [6.45, 7) is 1.52. The predicted molar refractivity (Wildman–Crippen MR) is 80.8 cm³/mol. The molecule has 0 bridgehead atoms. The quantitative estimate of drug-likeness (QED) is 0.860. The fraction of sp³-hybridized carbons (Fsp3) is 0.143. The minimum absolute atomic E-state index is 0.0151. The van der Waals surface area contributed by atoms with Crippen molar-refractivity contribution in [3.63, 3.8) is 0 Å². The van der Waals surface area contributed by atoms with Crippen molar-refractivity contribution < 1.29 is 9.59 Å². The van der Waals surface area contributed by atoms with Gasteiger partial charge < -0.3 is 5.32 Å². The molecule has 1 aromatic carbocycles. The topological polar surface area (TPSA) is 46.2 Å². The van der Waals surface area contributed by atoms with Gasteiger partial charge in [0.2, 0.25) is 5.91 Å². The molecule has 0 atom stereocenters. The zero-order valence-corrected chi connectivity index (χ0v) is 12.7. The molecule has 1 amide bonds. The Morgan fingerprint density at radius 3 is 2.47 bits per heavy atom. The molecule has 0 aliphatic heterocycles.